The van der Waals surface area contributed by atoms with Gasteiger partial charge in [-0.3, -0.25) is 4.79 Å². The van der Waals surface area contributed by atoms with Gasteiger partial charge in [-0.2, -0.15) is 10.4 Å². The van der Waals surface area contributed by atoms with E-state index < -0.39 is 5.97 Å². The molecule has 0 aromatic carbocycles. The zero-order valence-electron chi connectivity index (χ0n) is 13.1. The van der Waals surface area contributed by atoms with Crippen LogP contribution in [0.4, 0.5) is 5.82 Å². The molecular formula is C15H22N4O2. The van der Waals surface area contributed by atoms with Gasteiger partial charge in [0.2, 0.25) is 0 Å². The van der Waals surface area contributed by atoms with Crippen LogP contribution >= 0.6 is 0 Å². The minimum atomic E-state index is -0.867. The van der Waals surface area contributed by atoms with Gasteiger partial charge in [0.25, 0.3) is 0 Å². The van der Waals surface area contributed by atoms with E-state index in [9.17, 15) is 10.1 Å². The van der Waals surface area contributed by atoms with Crippen molar-refractivity contribution >= 4 is 11.8 Å². The van der Waals surface area contributed by atoms with Gasteiger partial charge in [-0.25, -0.2) is 0 Å². The second kappa shape index (κ2) is 7.58. The van der Waals surface area contributed by atoms with Crippen LogP contribution in [0.3, 0.4) is 0 Å². The average molecular weight is 290 g/mol. The molecule has 6 nitrogen and oxygen atoms in total. The van der Waals surface area contributed by atoms with E-state index in [0.29, 0.717) is 24.3 Å². The molecule has 0 amide bonds. The normalized spacial score (nSPS) is 11.8. The first kappa shape index (κ1) is 16.9. The lowest BCUT2D eigenvalue weighted by atomic mass is 10.0. The molecule has 21 heavy (non-hydrogen) atoms. The highest BCUT2D eigenvalue weighted by molar-refractivity contribution is 5.69. The van der Waals surface area contributed by atoms with Crippen LogP contribution in [-0.2, 0) is 17.6 Å². The summed E-state index contributed by atoms with van der Waals surface area (Å²) in [6.07, 6.45) is 1.43. The molecule has 0 aliphatic rings. The third kappa shape index (κ3) is 3.69. The standard InChI is InChI=1S/C15H22N4O2/c1-5-11-12(9-16)15(18-17-13(11)6-2)19(7-3)10(4)8-14(20)21/h10H,5-8H2,1-4H3,(H,20,21). The molecule has 0 saturated heterocycles. The van der Waals surface area contributed by atoms with E-state index in [-0.39, 0.29) is 12.5 Å². The molecule has 1 heterocycles. The Morgan fingerprint density at radius 2 is 2.00 bits per heavy atom. The van der Waals surface area contributed by atoms with E-state index in [1.165, 1.54) is 0 Å². The van der Waals surface area contributed by atoms with Gasteiger partial charge < -0.3 is 10.0 Å². The summed E-state index contributed by atoms with van der Waals surface area (Å²) in [5.74, 6) is -0.379. The Hall–Kier alpha value is -2.16. The predicted octanol–water partition coefficient (Wildman–Crippen LogP) is 2.16. The van der Waals surface area contributed by atoms with Crippen molar-refractivity contribution in [3.63, 3.8) is 0 Å². The molecule has 0 aliphatic heterocycles. The Balaban J connectivity index is 3.33. The molecule has 0 aliphatic carbocycles. The first-order chi connectivity index (χ1) is 9.99. The van der Waals surface area contributed by atoms with Crippen LogP contribution in [0.5, 0.6) is 0 Å². The van der Waals surface area contributed by atoms with Gasteiger partial charge >= 0.3 is 5.97 Å². The molecule has 0 bridgehead atoms. The van der Waals surface area contributed by atoms with Crippen molar-refractivity contribution in [3.05, 3.63) is 16.8 Å². The molecular weight excluding hydrogens is 268 g/mol. The second-order valence-electron chi connectivity index (χ2n) is 4.88. The Morgan fingerprint density at radius 1 is 1.33 bits per heavy atom. The van der Waals surface area contributed by atoms with Crippen molar-refractivity contribution in [3.8, 4) is 6.07 Å². The van der Waals surface area contributed by atoms with E-state index >= 15 is 0 Å². The Labute approximate surface area is 125 Å². The number of carbonyl (C=O) groups is 1. The minimum Gasteiger partial charge on any atom is -0.481 e. The summed E-state index contributed by atoms with van der Waals surface area (Å²) in [6.45, 7) is 8.28. The maximum atomic E-state index is 10.9. The lowest BCUT2D eigenvalue weighted by Gasteiger charge is -2.29. The minimum absolute atomic E-state index is 0.00260. The van der Waals surface area contributed by atoms with Crippen molar-refractivity contribution in [2.75, 3.05) is 11.4 Å². The molecule has 1 N–H and O–H groups in total. The zero-order chi connectivity index (χ0) is 16.0. The number of aryl methyl sites for hydroxylation is 1. The van der Waals surface area contributed by atoms with Gasteiger partial charge in [0, 0.05) is 12.6 Å². The van der Waals surface area contributed by atoms with E-state index in [0.717, 1.165) is 17.7 Å². The molecule has 1 aromatic rings. The van der Waals surface area contributed by atoms with Crippen molar-refractivity contribution in [1.29, 1.82) is 5.26 Å². The lowest BCUT2D eigenvalue weighted by molar-refractivity contribution is -0.137. The number of carboxylic acid groups (broad SMARTS) is 1. The summed E-state index contributed by atoms with van der Waals surface area (Å²) in [5, 5.41) is 26.9. The van der Waals surface area contributed by atoms with Crippen LogP contribution in [0.2, 0.25) is 0 Å². The highest BCUT2D eigenvalue weighted by atomic mass is 16.4. The summed E-state index contributed by atoms with van der Waals surface area (Å²) < 4.78 is 0. The summed E-state index contributed by atoms with van der Waals surface area (Å²) in [7, 11) is 0. The molecule has 0 radical (unpaired) electrons. The Kier molecular flexibility index (Phi) is 6.10. The number of rotatable bonds is 7. The quantitative estimate of drug-likeness (QED) is 0.827. The SMILES string of the molecule is CCc1nnc(N(CC)C(C)CC(=O)O)c(C#N)c1CC. The number of anilines is 1. The monoisotopic (exact) mass is 290 g/mol. The predicted molar refractivity (Wildman–Crippen MR) is 80.2 cm³/mol. The smallest absolute Gasteiger partial charge is 0.305 e. The molecule has 114 valence electrons. The Morgan fingerprint density at radius 3 is 2.43 bits per heavy atom. The van der Waals surface area contributed by atoms with E-state index in [1.54, 1.807) is 0 Å². The zero-order valence-corrected chi connectivity index (χ0v) is 13.1. The number of aromatic nitrogens is 2. The number of hydrogen-bond donors (Lipinski definition) is 1. The molecule has 1 aromatic heterocycles. The van der Waals surface area contributed by atoms with E-state index in [1.807, 2.05) is 32.6 Å². The fourth-order valence-corrected chi connectivity index (χ4v) is 2.51. The van der Waals surface area contributed by atoms with Crippen LogP contribution in [0.15, 0.2) is 0 Å². The number of carboxylic acids is 1. The molecule has 0 fully saturated rings. The summed E-state index contributed by atoms with van der Waals surface area (Å²) in [6, 6.07) is 1.98. The van der Waals surface area contributed by atoms with Crippen LogP contribution < -0.4 is 4.90 Å². The third-order valence-corrected chi connectivity index (χ3v) is 3.55. The summed E-state index contributed by atoms with van der Waals surface area (Å²) in [4.78, 5) is 12.7. The molecule has 1 rings (SSSR count). The first-order valence-electron chi connectivity index (χ1n) is 7.26. The van der Waals surface area contributed by atoms with Gasteiger partial charge in [-0.1, -0.05) is 13.8 Å². The van der Waals surface area contributed by atoms with Gasteiger partial charge in [-0.05, 0) is 32.3 Å². The van der Waals surface area contributed by atoms with Gasteiger partial charge in [0.15, 0.2) is 5.82 Å². The summed E-state index contributed by atoms with van der Waals surface area (Å²) in [5.41, 5.74) is 2.26. The van der Waals surface area contributed by atoms with E-state index in [4.69, 9.17) is 5.11 Å². The fraction of sp³-hybridized carbons (Fsp3) is 0.600. The number of aliphatic carboxylic acids is 1. The first-order valence-corrected chi connectivity index (χ1v) is 7.26. The van der Waals surface area contributed by atoms with Crippen LogP contribution in [-0.4, -0.2) is 33.9 Å². The lowest BCUT2D eigenvalue weighted by Crippen LogP contribution is -2.36. The number of nitrogens with zero attached hydrogens (tertiary/aromatic N) is 4. The fourth-order valence-electron chi connectivity index (χ4n) is 2.51. The van der Waals surface area contributed by atoms with Crippen LogP contribution in [0.1, 0.15) is 50.9 Å². The highest BCUT2D eigenvalue weighted by Crippen LogP contribution is 2.25. The molecule has 1 atom stereocenters. The topological polar surface area (TPSA) is 90.1 Å². The van der Waals surface area contributed by atoms with Crippen molar-refractivity contribution < 1.29 is 9.90 Å². The van der Waals surface area contributed by atoms with E-state index in [2.05, 4.69) is 16.3 Å². The molecule has 1 unspecified atom stereocenters. The highest BCUT2D eigenvalue weighted by Gasteiger charge is 2.23. The number of nitriles is 1. The Bertz CT molecular complexity index is 551. The van der Waals surface area contributed by atoms with Gasteiger partial charge in [-0.15, -0.1) is 5.10 Å². The van der Waals surface area contributed by atoms with Gasteiger partial charge in [0.05, 0.1) is 12.1 Å². The van der Waals surface area contributed by atoms with Gasteiger partial charge in [0.1, 0.15) is 11.6 Å². The maximum Gasteiger partial charge on any atom is 0.305 e. The third-order valence-electron chi connectivity index (χ3n) is 3.55. The maximum absolute atomic E-state index is 10.9. The second-order valence-corrected chi connectivity index (χ2v) is 4.88. The summed E-state index contributed by atoms with van der Waals surface area (Å²) >= 11 is 0. The average Bonchev–Trinajstić information content (AvgIpc) is 2.46. The van der Waals surface area contributed by atoms with Crippen molar-refractivity contribution in [2.45, 2.75) is 53.0 Å². The van der Waals surface area contributed by atoms with Crippen molar-refractivity contribution in [1.82, 2.24) is 10.2 Å². The molecule has 6 heteroatoms. The molecule has 0 spiro atoms. The number of hydrogen-bond acceptors (Lipinski definition) is 5. The van der Waals surface area contributed by atoms with Crippen LogP contribution in [0.25, 0.3) is 0 Å². The van der Waals surface area contributed by atoms with Crippen molar-refractivity contribution in [2.24, 2.45) is 0 Å². The molecule has 0 saturated carbocycles. The van der Waals surface area contributed by atoms with Crippen LogP contribution in [0, 0.1) is 11.3 Å². The largest absolute Gasteiger partial charge is 0.481 e.